The van der Waals surface area contributed by atoms with E-state index in [0.717, 1.165) is 5.69 Å². The van der Waals surface area contributed by atoms with Gasteiger partial charge in [-0.2, -0.15) is 15.0 Å². The Labute approximate surface area is 213 Å². The van der Waals surface area contributed by atoms with Gasteiger partial charge >= 0.3 is 6.09 Å². The number of pyridine rings is 1. The first-order chi connectivity index (χ1) is 17.7. The second-order valence-corrected chi connectivity index (χ2v) is 8.92. The predicted molar refractivity (Wildman–Crippen MR) is 141 cm³/mol. The Morgan fingerprint density at radius 2 is 1.41 bits per heavy atom. The summed E-state index contributed by atoms with van der Waals surface area (Å²) in [5.74, 6) is 0.864. The summed E-state index contributed by atoms with van der Waals surface area (Å²) in [4.78, 5) is 29.8. The number of nitrogens with zero attached hydrogens (tertiary/aromatic N) is 4. The molecular weight excluding hydrogens is 475 g/mol. The highest BCUT2D eigenvalue weighted by atomic mass is 19.1. The quantitative estimate of drug-likeness (QED) is 0.235. The lowest BCUT2D eigenvalue weighted by Crippen LogP contribution is -2.27. The molecule has 0 saturated carbocycles. The number of nitrogens with one attached hydrogen (secondary N) is 4. The van der Waals surface area contributed by atoms with Crippen LogP contribution in [-0.4, -0.2) is 31.6 Å². The standard InChI is InChI=1S/C26H27FN8O2/c1-26(2,3)37-25(36)32-21-11-7-10-20(29-21)16-28-22-33-23(30-18-8-5-4-6-9-18)35-24(34-22)31-19-14-12-17(27)13-15-19/h4-15H,16H2,1-3H3,(H,29,32,36)(H3,28,30,31,33,34,35). The van der Waals surface area contributed by atoms with Gasteiger partial charge < -0.3 is 20.7 Å². The monoisotopic (exact) mass is 502 g/mol. The molecule has 2 heterocycles. The highest BCUT2D eigenvalue weighted by Crippen LogP contribution is 2.19. The number of carbonyl (C=O) groups is 1. The van der Waals surface area contributed by atoms with Crippen LogP contribution >= 0.6 is 0 Å². The third-order valence-electron chi connectivity index (χ3n) is 4.63. The number of benzene rings is 2. The minimum atomic E-state index is -0.618. The van der Waals surface area contributed by atoms with Crippen LogP contribution in [0.2, 0.25) is 0 Å². The van der Waals surface area contributed by atoms with Crippen molar-refractivity contribution >= 4 is 41.1 Å². The van der Waals surface area contributed by atoms with Crippen molar-refractivity contribution in [2.24, 2.45) is 0 Å². The van der Waals surface area contributed by atoms with Crippen molar-refractivity contribution in [1.82, 2.24) is 19.9 Å². The molecule has 1 amide bonds. The van der Waals surface area contributed by atoms with Gasteiger partial charge in [0.05, 0.1) is 12.2 Å². The molecule has 0 radical (unpaired) electrons. The molecule has 0 bridgehead atoms. The number of carbonyl (C=O) groups excluding carboxylic acids is 1. The first-order valence-electron chi connectivity index (χ1n) is 11.5. The molecule has 11 heteroatoms. The number of hydrogen-bond donors (Lipinski definition) is 4. The molecule has 0 atom stereocenters. The summed E-state index contributed by atoms with van der Waals surface area (Å²) in [5.41, 5.74) is 1.44. The number of hydrogen-bond acceptors (Lipinski definition) is 9. The van der Waals surface area contributed by atoms with E-state index in [1.807, 2.05) is 30.3 Å². The number of amides is 1. The first kappa shape index (κ1) is 25.3. The number of ether oxygens (including phenoxy) is 1. The molecule has 0 saturated heterocycles. The van der Waals surface area contributed by atoms with Gasteiger partial charge in [-0.1, -0.05) is 24.3 Å². The zero-order valence-electron chi connectivity index (χ0n) is 20.6. The van der Waals surface area contributed by atoms with Gasteiger partial charge in [0.15, 0.2) is 0 Å². The lowest BCUT2D eigenvalue weighted by Gasteiger charge is -2.19. The lowest BCUT2D eigenvalue weighted by atomic mass is 10.2. The van der Waals surface area contributed by atoms with Gasteiger partial charge in [-0.15, -0.1) is 0 Å². The Morgan fingerprint density at radius 3 is 2.05 bits per heavy atom. The number of rotatable bonds is 8. The van der Waals surface area contributed by atoms with E-state index in [4.69, 9.17) is 4.74 Å². The number of halogens is 1. The molecule has 10 nitrogen and oxygen atoms in total. The summed E-state index contributed by atoms with van der Waals surface area (Å²) >= 11 is 0. The average molecular weight is 503 g/mol. The molecule has 0 aliphatic carbocycles. The van der Waals surface area contributed by atoms with Gasteiger partial charge in [0.1, 0.15) is 17.2 Å². The highest BCUT2D eigenvalue weighted by molar-refractivity contribution is 5.83. The topological polar surface area (TPSA) is 126 Å². The normalized spacial score (nSPS) is 10.9. The van der Waals surface area contributed by atoms with Gasteiger partial charge in [-0.3, -0.25) is 5.32 Å². The fraction of sp³-hybridized carbons (Fsp3) is 0.192. The third-order valence-corrected chi connectivity index (χ3v) is 4.63. The number of anilines is 6. The van der Waals surface area contributed by atoms with Gasteiger partial charge in [0.2, 0.25) is 17.8 Å². The van der Waals surface area contributed by atoms with E-state index in [1.54, 1.807) is 51.1 Å². The highest BCUT2D eigenvalue weighted by Gasteiger charge is 2.16. The lowest BCUT2D eigenvalue weighted by molar-refractivity contribution is 0.0635. The Morgan fingerprint density at radius 1 is 0.784 bits per heavy atom. The van der Waals surface area contributed by atoms with Crippen LogP contribution in [0.4, 0.5) is 44.2 Å². The third kappa shape index (κ3) is 8.13. The van der Waals surface area contributed by atoms with Crippen LogP contribution in [0, 0.1) is 5.82 Å². The largest absolute Gasteiger partial charge is 0.444 e. The van der Waals surface area contributed by atoms with Gasteiger partial charge in [-0.25, -0.2) is 14.2 Å². The Balaban J connectivity index is 1.50. The van der Waals surface area contributed by atoms with E-state index in [1.165, 1.54) is 12.1 Å². The van der Waals surface area contributed by atoms with Gasteiger partial charge in [0.25, 0.3) is 0 Å². The van der Waals surface area contributed by atoms with E-state index in [9.17, 15) is 9.18 Å². The molecule has 0 spiro atoms. The van der Waals surface area contributed by atoms with Crippen molar-refractivity contribution in [2.45, 2.75) is 32.9 Å². The van der Waals surface area contributed by atoms with Crippen LogP contribution in [0.5, 0.6) is 0 Å². The molecule has 0 fully saturated rings. The molecule has 37 heavy (non-hydrogen) atoms. The average Bonchev–Trinajstić information content (AvgIpc) is 2.84. The summed E-state index contributed by atoms with van der Waals surface area (Å²) < 4.78 is 18.6. The number of para-hydroxylation sites is 1. The van der Waals surface area contributed by atoms with Crippen LogP contribution in [0.1, 0.15) is 26.5 Å². The Bertz CT molecular complexity index is 1350. The molecule has 4 rings (SSSR count). The maximum atomic E-state index is 13.3. The maximum Gasteiger partial charge on any atom is 0.413 e. The van der Waals surface area contributed by atoms with Gasteiger partial charge in [-0.05, 0) is 69.3 Å². The van der Waals surface area contributed by atoms with E-state index < -0.39 is 11.7 Å². The molecule has 0 aliphatic rings. The second-order valence-electron chi connectivity index (χ2n) is 8.92. The van der Waals surface area contributed by atoms with Crippen LogP contribution < -0.4 is 21.3 Å². The fourth-order valence-corrected chi connectivity index (χ4v) is 3.11. The van der Waals surface area contributed by atoms with Crippen LogP contribution in [0.3, 0.4) is 0 Å². The number of aromatic nitrogens is 4. The zero-order chi connectivity index (χ0) is 26.3. The molecule has 2 aromatic carbocycles. The van der Waals surface area contributed by atoms with Crippen LogP contribution in [0.25, 0.3) is 0 Å². The molecule has 4 aromatic rings. The fourth-order valence-electron chi connectivity index (χ4n) is 3.11. The molecule has 190 valence electrons. The van der Waals surface area contributed by atoms with Crippen LogP contribution in [0.15, 0.2) is 72.8 Å². The summed E-state index contributed by atoms with van der Waals surface area (Å²) in [5, 5.41) is 12.0. The van der Waals surface area contributed by atoms with Crippen molar-refractivity contribution in [3.8, 4) is 0 Å². The zero-order valence-corrected chi connectivity index (χ0v) is 20.6. The Hall–Kier alpha value is -4.80. The molecule has 2 aromatic heterocycles. The van der Waals surface area contributed by atoms with Crippen molar-refractivity contribution in [2.75, 3.05) is 21.3 Å². The van der Waals surface area contributed by atoms with E-state index in [0.29, 0.717) is 23.1 Å². The van der Waals surface area contributed by atoms with E-state index >= 15 is 0 Å². The minimum absolute atomic E-state index is 0.260. The van der Waals surface area contributed by atoms with Gasteiger partial charge in [0, 0.05) is 11.4 Å². The van der Waals surface area contributed by atoms with E-state index in [-0.39, 0.29) is 24.3 Å². The molecule has 4 N–H and O–H groups in total. The van der Waals surface area contributed by atoms with Crippen molar-refractivity contribution < 1.29 is 13.9 Å². The Kier molecular flexibility index (Phi) is 7.72. The summed E-state index contributed by atoms with van der Waals surface area (Å²) in [6.07, 6.45) is -0.587. The SMILES string of the molecule is CC(C)(C)OC(=O)Nc1cccc(CNc2nc(Nc3ccccc3)nc(Nc3ccc(F)cc3)n2)n1. The second kappa shape index (κ2) is 11.3. The maximum absolute atomic E-state index is 13.3. The summed E-state index contributed by atoms with van der Waals surface area (Å²) in [6.45, 7) is 5.63. The molecule has 0 aliphatic heterocycles. The summed E-state index contributed by atoms with van der Waals surface area (Å²) in [7, 11) is 0. The van der Waals surface area contributed by atoms with Crippen molar-refractivity contribution in [3.05, 3.63) is 84.3 Å². The van der Waals surface area contributed by atoms with Crippen molar-refractivity contribution in [1.29, 1.82) is 0 Å². The molecular formula is C26H27FN8O2. The predicted octanol–water partition coefficient (Wildman–Crippen LogP) is 5.85. The van der Waals surface area contributed by atoms with Crippen LogP contribution in [-0.2, 0) is 11.3 Å². The van der Waals surface area contributed by atoms with E-state index in [2.05, 4.69) is 41.2 Å². The molecule has 0 unspecified atom stereocenters. The first-order valence-corrected chi connectivity index (χ1v) is 11.5. The minimum Gasteiger partial charge on any atom is -0.444 e. The summed E-state index contributed by atoms with van der Waals surface area (Å²) in [6, 6.07) is 20.6. The smallest absolute Gasteiger partial charge is 0.413 e. The van der Waals surface area contributed by atoms with Crippen molar-refractivity contribution in [3.63, 3.8) is 0 Å².